The van der Waals surface area contributed by atoms with Gasteiger partial charge in [0.2, 0.25) is 5.88 Å². The lowest BCUT2D eigenvalue weighted by Crippen LogP contribution is -2.16. The molecule has 0 atom stereocenters. The third kappa shape index (κ3) is 4.98. The van der Waals surface area contributed by atoms with Gasteiger partial charge < -0.3 is 4.74 Å². The van der Waals surface area contributed by atoms with E-state index in [1.807, 2.05) is 0 Å². The fraction of sp³-hybridized carbons (Fsp3) is 0.286. The molecule has 3 nitrogen and oxygen atoms in total. The van der Waals surface area contributed by atoms with Crippen LogP contribution in [0.1, 0.15) is 12.5 Å². The van der Waals surface area contributed by atoms with E-state index in [9.17, 15) is 4.79 Å². The summed E-state index contributed by atoms with van der Waals surface area (Å²) in [7, 11) is -1.38. The van der Waals surface area contributed by atoms with Crippen LogP contribution in [0.15, 0.2) is 30.5 Å². The number of carbonyl (C=O) groups is 1. The molecule has 0 bridgehead atoms. The molecule has 4 heteroatoms. The normalized spacial score (nSPS) is 10.2. The first-order valence-corrected chi connectivity index (χ1v) is 9.15. The van der Waals surface area contributed by atoms with Crippen LogP contribution < -0.4 is 4.74 Å². The highest BCUT2D eigenvalue weighted by molar-refractivity contribution is 6.83. The minimum Gasteiger partial charge on any atom is -0.404 e. The van der Waals surface area contributed by atoms with Gasteiger partial charge in [-0.3, -0.25) is 0 Å². The first kappa shape index (κ1) is 14.2. The molecule has 1 aromatic rings. The van der Waals surface area contributed by atoms with E-state index in [2.05, 4.69) is 42.7 Å². The van der Waals surface area contributed by atoms with Crippen LogP contribution in [0.4, 0.5) is 0 Å². The Bertz CT molecular complexity index is 515. The molecule has 0 N–H and O–H groups in total. The van der Waals surface area contributed by atoms with E-state index in [-0.39, 0.29) is 5.88 Å². The lowest BCUT2D eigenvalue weighted by molar-refractivity contribution is -0.130. The second-order valence-electron chi connectivity index (χ2n) is 5.05. The van der Waals surface area contributed by atoms with Crippen LogP contribution in [0.5, 0.6) is 5.88 Å². The van der Waals surface area contributed by atoms with Crippen LogP contribution in [0.25, 0.3) is 0 Å². The second-order valence-corrected chi connectivity index (χ2v) is 9.80. The maximum atomic E-state index is 11.3. The zero-order chi connectivity index (χ0) is 13.8. The van der Waals surface area contributed by atoms with Crippen molar-refractivity contribution in [2.75, 3.05) is 0 Å². The summed E-state index contributed by atoms with van der Waals surface area (Å²) in [6, 6.07) is 3.43. The number of rotatable bonds is 2. The maximum absolute atomic E-state index is 11.3. The fourth-order valence-corrected chi connectivity index (χ4v) is 1.48. The average molecular weight is 259 g/mol. The Balaban J connectivity index is 2.77. The van der Waals surface area contributed by atoms with Gasteiger partial charge in [0.05, 0.1) is 0 Å². The Labute approximate surface area is 109 Å². The molecule has 0 aliphatic heterocycles. The van der Waals surface area contributed by atoms with Crippen LogP contribution >= 0.6 is 0 Å². The molecule has 1 rings (SSSR count). The Morgan fingerprint density at radius 2 is 2.06 bits per heavy atom. The number of hydrogen-bond donors (Lipinski definition) is 0. The Morgan fingerprint density at radius 1 is 1.39 bits per heavy atom. The number of carbonyl (C=O) groups excluding carboxylic acids is 1. The van der Waals surface area contributed by atoms with E-state index < -0.39 is 14.0 Å². The molecule has 0 aliphatic rings. The zero-order valence-electron chi connectivity index (χ0n) is 11.2. The lowest BCUT2D eigenvalue weighted by atomic mass is 10.3. The monoisotopic (exact) mass is 259 g/mol. The lowest BCUT2D eigenvalue weighted by Gasteiger charge is -2.04. The average Bonchev–Trinajstić information content (AvgIpc) is 2.27. The molecule has 18 heavy (non-hydrogen) atoms. The van der Waals surface area contributed by atoms with Gasteiger partial charge in [0, 0.05) is 23.4 Å². The molecule has 1 aromatic heterocycles. The first-order valence-electron chi connectivity index (χ1n) is 5.65. The van der Waals surface area contributed by atoms with Crippen molar-refractivity contribution >= 4 is 14.0 Å². The summed E-state index contributed by atoms with van der Waals surface area (Å²) in [5.41, 5.74) is 4.42. The fourth-order valence-electron chi connectivity index (χ4n) is 0.956. The summed E-state index contributed by atoms with van der Waals surface area (Å²) in [5.74, 6) is 2.88. The summed E-state index contributed by atoms with van der Waals surface area (Å²) in [4.78, 5) is 15.3. The molecule has 0 saturated carbocycles. The SMILES string of the molecule is C=C(C)C(=O)Oc1ccc(C#C[Si](C)(C)C)cn1. The topological polar surface area (TPSA) is 39.2 Å². The van der Waals surface area contributed by atoms with Crippen LogP contribution in [0.2, 0.25) is 19.6 Å². The molecule has 0 aromatic carbocycles. The number of pyridine rings is 1. The third-order valence-corrected chi connectivity index (χ3v) is 2.74. The molecular weight excluding hydrogens is 242 g/mol. The molecular formula is C14H17NO2Si. The third-order valence-electron chi connectivity index (χ3n) is 1.86. The number of esters is 1. The van der Waals surface area contributed by atoms with Gasteiger partial charge in [0.1, 0.15) is 8.07 Å². The smallest absolute Gasteiger partial charge is 0.339 e. The van der Waals surface area contributed by atoms with Crippen LogP contribution in [-0.4, -0.2) is 19.0 Å². The van der Waals surface area contributed by atoms with Crippen molar-refractivity contribution in [3.63, 3.8) is 0 Å². The number of nitrogens with zero attached hydrogens (tertiary/aromatic N) is 1. The first-order chi connectivity index (χ1) is 8.28. The molecule has 0 saturated heterocycles. The van der Waals surface area contributed by atoms with Crippen molar-refractivity contribution < 1.29 is 9.53 Å². The minimum absolute atomic E-state index is 0.265. The standard InChI is InChI=1S/C14H17NO2Si/c1-11(2)14(16)17-13-7-6-12(10-15-13)8-9-18(3,4)5/h6-7,10H,1H2,2-5H3. The van der Waals surface area contributed by atoms with E-state index >= 15 is 0 Å². The van der Waals surface area contributed by atoms with Gasteiger partial charge >= 0.3 is 5.97 Å². The largest absolute Gasteiger partial charge is 0.404 e. The van der Waals surface area contributed by atoms with E-state index in [1.165, 1.54) is 0 Å². The van der Waals surface area contributed by atoms with E-state index in [0.717, 1.165) is 5.56 Å². The molecule has 0 amide bonds. The van der Waals surface area contributed by atoms with Crippen molar-refractivity contribution in [1.82, 2.24) is 4.98 Å². The molecule has 0 aliphatic carbocycles. The van der Waals surface area contributed by atoms with Gasteiger partial charge in [-0.1, -0.05) is 32.1 Å². The number of aromatic nitrogens is 1. The summed E-state index contributed by atoms with van der Waals surface area (Å²) in [5, 5.41) is 0. The maximum Gasteiger partial charge on any atom is 0.339 e. The molecule has 94 valence electrons. The molecule has 0 unspecified atom stereocenters. The van der Waals surface area contributed by atoms with Gasteiger partial charge in [-0.15, -0.1) is 5.54 Å². The van der Waals surface area contributed by atoms with Crippen LogP contribution in [0.3, 0.4) is 0 Å². The van der Waals surface area contributed by atoms with E-state index in [1.54, 1.807) is 25.3 Å². The highest BCUT2D eigenvalue weighted by Crippen LogP contribution is 2.09. The zero-order valence-corrected chi connectivity index (χ0v) is 12.2. The highest BCUT2D eigenvalue weighted by atomic mass is 28.3. The van der Waals surface area contributed by atoms with Crippen molar-refractivity contribution in [1.29, 1.82) is 0 Å². The second kappa shape index (κ2) is 5.65. The van der Waals surface area contributed by atoms with Gasteiger partial charge in [0.25, 0.3) is 0 Å². The number of ether oxygens (including phenoxy) is 1. The predicted octanol–water partition coefficient (Wildman–Crippen LogP) is 2.79. The van der Waals surface area contributed by atoms with E-state index in [0.29, 0.717) is 5.57 Å². The number of hydrogen-bond acceptors (Lipinski definition) is 3. The quantitative estimate of drug-likeness (QED) is 0.355. The molecule has 0 spiro atoms. The Morgan fingerprint density at radius 3 is 2.50 bits per heavy atom. The van der Waals surface area contributed by atoms with Crippen molar-refractivity contribution in [2.45, 2.75) is 26.6 Å². The summed E-state index contributed by atoms with van der Waals surface area (Å²) < 4.78 is 4.99. The Hall–Kier alpha value is -1.86. The molecule has 0 fully saturated rings. The van der Waals surface area contributed by atoms with Gasteiger partial charge in [-0.05, 0) is 13.0 Å². The summed E-state index contributed by atoms with van der Waals surface area (Å²) >= 11 is 0. The summed E-state index contributed by atoms with van der Waals surface area (Å²) in [6.45, 7) is 11.6. The van der Waals surface area contributed by atoms with Crippen LogP contribution in [0, 0.1) is 11.5 Å². The van der Waals surface area contributed by atoms with Crippen LogP contribution in [-0.2, 0) is 4.79 Å². The van der Waals surface area contributed by atoms with Crippen molar-refractivity contribution in [3.05, 3.63) is 36.0 Å². The van der Waals surface area contributed by atoms with E-state index in [4.69, 9.17) is 4.74 Å². The predicted molar refractivity (Wildman–Crippen MR) is 74.9 cm³/mol. The minimum atomic E-state index is -1.38. The van der Waals surface area contributed by atoms with Crippen molar-refractivity contribution in [3.8, 4) is 17.3 Å². The van der Waals surface area contributed by atoms with Gasteiger partial charge in [0.15, 0.2) is 0 Å². The van der Waals surface area contributed by atoms with Crippen molar-refractivity contribution in [2.24, 2.45) is 0 Å². The summed E-state index contributed by atoms with van der Waals surface area (Å²) in [6.07, 6.45) is 1.61. The highest BCUT2D eigenvalue weighted by Gasteiger charge is 2.08. The molecule has 1 heterocycles. The molecule has 0 radical (unpaired) electrons. The van der Waals surface area contributed by atoms with Gasteiger partial charge in [-0.2, -0.15) is 0 Å². The van der Waals surface area contributed by atoms with Gasteiger partial charge in [-0.25, -0.2) is 9.78 Å². The Kier molecular flexibility index (Phi) is 4.46.